The molecular formula is C33H36N2O6. The van der Waals surface area contributed by atoms with Crippen LogP contribution in [-0.4, -0.2) is 31.2 Å². The molecule has 2 amide bonds. The van der Waals surface area contributed by atoms with Crippen LogP contribution < -0.4 is 15.0 Å². The van der Waals surface area contributed by atoms with Crippen LogP contribution in [0.2, 0.25) is 0 Å². The first-order chi connectivity index (χ1) is 19.7. The zero-order valence-corrected chi connectivity index (χ0v) is 24.2. The number of para-hydroxylation sites is 2. The van der Waals surface area contributed by atoms with Gasteiger partial charge in [-0.05, 0) is 70.4 Å². The first-order valence-electron chi connectivity index (χ1n) is 13.7. The summed E-state index contributed by atoms with van der Waals surface area (Å²) in [6.45, 7) is 7.57. The monoisotopic (exact) mass is 556 g/mol. The number of benzene rings is 3. The molecule has 0 bridgehead atoms. The highest BCUT2D eigenvalue weighted by Gasteiger charge is 2.33. The fourth-order valence-electron chi connectivity index (χ4n) is 4.89. The number of nitrogens with zero attached hydrogens (tertiary/aromatic N) is 1. The molecule has 0 radical (unpaired) electrons. The highest BCUT2D eigenvalue weighted by atomic mass is 16.5. The molecule has 4 rings (SSSR count). The molecule has 3 aromatic carbocycles. The number of hydrogen-bond acceptors (Lipinski definition) is 6. The normalized spacial score (nSPS) is 12.5. The second kappa shape index (κ2) is 13.2. The number of amides is 2. The molecule has 0 unspecified atom stereocenters. The van der Waals surface area contributed by atoms with E-state index in [2.05, 4.69) is 5.32 Å². The van der Waals surface area contributed by atoms with Crippen LogP contribution in [0.1, 0.15) is 60.7 Å². The second-order valence-corrected chi connectivity index (χ2v) is 10.2. The number of ether oxygens (including phenoxy) is 3. The molecule has 1 N–H and O–H groups in total. The minimum absolute atomic E-state index is 0.105. The van der Waals surface area contributed by atoms with Gasteiger partial charge in [0.05, 0.1) is 35.8 Å². The van der Waals surface area contributed by atoms with Gasteiger partial charge in [-0.25, -0.2) is 9.59 Å². The van der Waals surface area contributed by atoms with Gasteiger partial charge >= 0.3 is 18.0 Å². The second-order valence-electron chi connectivity index (χ2n) is 10.2. The number of esters is 2. The minimum atomic E-state index is -0.495. The summed E-state index contributed by atoms with van der Waals surface area (Å²) in [6, 6.07) is 18.1. The average Bonchev–Trinajstić information content (AvgIpc) is 3.35. The summed E-state index contributed by atoms with van der Waals surface area (Å²) in [5, 5.41) is 3.04. The van der Waals surface area contributed by atoms with E-state index in [4.69, 9.17) is 14.2 Å². The highest BCUT2D eigenvalue weighted by molar-refractivity contribution is 6.11. The summed E-state index contributed by atoms with van der Waals surface area (Å²) in [7, 11) is 1.57. The van der Waals surface area contributed by atoms with Gasteiger partial charge in [-0.2, -0.15) is 0 Å². The summed E-state index contributed by atoms with van der Waals surface area (Å²) >= 11 is 0. The van der Waals surface area contributed by atoms with Crippen molar-refractivity contribution >= 4 is 35.0 Å². The fourth-order valence-corrected chi connectivity index (χ4v) is 4.89. The summed E-state index contributed by atoms with van der Waals surface area (Å²) in [5.74, 6) is -0.173. The number of urea groups is 1. The molecule has 1 aliphatic heterocycles. The van der Waals surface area contributed by atoms with Crippen molar-refractivity contribution < 1.29 is 28.6 Å². The van der Waals surface area contributed by atoms with Gasteiger partial charge in [-0.1, -0.05) is 48.0 Å². The average molecular weight is 557 g/mol. The van der Waals surface area contributed by atoms with Crippen molar-refractivity contribution in [3.05, 3.63) is 94.6 Å². The lowest BCUT2D eigenvalue weighted by molar-refractivity contribution is -0.147. The molecule has 0 atom stereocenters. The SMILES string of the molecule is COc1c(C)c2c(c(NC(=O)N(c3ccccc3)c3ccccc3)c1C/C=C(\C)CCC(=O)OC(C)C)C(=O)OC2. The number of cyclic esters (lactones) is 1. The van der Waals surface area contributed by atoms with Crippen LogP contribution in [0.15, 0.2) is 72.3 Å². The van der Waals surface area contributed by atoms with E-state index in [1.54, 1.807) is 12.0 Å². The minimum Gasteiger partial charge on any atom is -0.496 e. The molecule has 0 aromatic heterocycles. The smallest absolute Gasteiger partial charge is 0.341 e. The highest BCUT2D eigenvalue weighted by Crippen LogP contribution is 2.42. The number of hydrogen-bond donors (Lipinski definition) is 1. The topological polar surface area (TPSA) is 94.2 Å². The molecule has 41 heavy (non-hydrogen) atoms. The van der Waals surface area contributed by atoms with Crippen LogP contribution >= 0.6 is 0 Å². The summed E-state index contributed by atoms with van der Waals surface area (Å²) in [5.41, 5.74) is 5.13. The molecule has 0 aliphatic carbocycles. The number of nitrogens with one attached hydrogen (secondary N) is 1. The van der Waals surface area contributed by atoms with E-state index in [1.165, 1.54) is 0 Å². The molecule has 214 valence electrons. The van der Waals surface area contributed by atoms with Gasteiger partial charge in [-0.15, -0.1) is 0 Å². The summed E-state index contributed by atoms with van der Waals surface area (Å²) in [4.78, 5) is 40.6. The van der Waals surface area contributed by atoms with Crippen molar-refractivity contribution in [3.8, 4) is 5.75 Å². The maximum atomic E-state index is 14.0. The summed E-state index contributed by atoms with van der Waals surface area (Å²) < 4.78 is 16.5. The largest absolute Gasteiger partial charge is 0.496 e. The maximum Gasteiger partial charge on any atom is 0.341 e. The van der Waals surface area contributed by atoms with Crippen LogP contribution in [0.3, 0.4) is 0 Å². The number of methoxy groups -OCH3 is 1. The van der Waals surface area contributed by atoms with Crippen molar-refractivity contribution in [1.82, 2.24) is 0 Å². The summed E-state index contributed by atoms with van der Waals surface area (Å²) in [6.07, 6.45) is 2.97. The van der Waals surface area contributed by atoms with Gasteiger partial charge in [0, 0.05) is 17.5 Å². The molecule has 0 fully saturated rings. The number of allylic oxidation sites excluding steroid dienone is 2. The predicted octanol–water partition coefficient (Wildman–Crippen LogP) is 7.26. The Bertz CT molecular complexity index is 1410. The Morgan fingerprint density at radius 1 is 1.02 bits per heavy atom. The van der Waals surface area contributed by atoms with Crippen LogP contribution in [-0.2, 0) is 27.3 Å². The molecule has 0 saturated carbocycles. The van der Waals surface area contributed by atoms with Gasteiger partial charge < -0.3 is 19.5 Å². The number of carbonyl (C=O) groups is 3. The molecule has 3 aromatic rings. The first-order valence-corrected chi connectivity index (χ1v) is 13.7. The number of anilines is 3. The van der Waals surface area contributed by atoms with Crippen molar-refractivity contribution in [3.63, 3.8) is 0 Å². The van der Waals surface area contributed by atoms with E-state index in [1.807, 2.05) is 94.4 Å². The molecule has 0 saturated heterocycles. The number of fused-ring (bicyclic) bond motifs is 1. The van der Waals surface area contributed by atoms with E-state index >= 15 is 0 Å². The van der Waals surface area contributed by atoms with Crippen molar-refractivity contribution in [2.75, 3.05) is 17.3 Å². The van der Waals surface area contributed by atoms with Crippen LogP contribution in [0, 0.1) is 6.92 Å². The zero-order valence-electron chi connectivity index (χ0n) is 24.2. The predicted molar refractivity (Wildman–Crippen MR) is 159 cm³/mol. The first kappa shape index (κ1) is 29.4. The van der Waals surface area contributed by atoms with E-state index < -0.39 is 12.0 Å². The Morgan fingerprint density at radius 2 is 1.63 bits per heavy atom. The molecule has 8 heteroatoms. The van der Waals surface area contributed by atoms with Gasteiger partial charge in [0.25, 0.3) is 0 Å². The molecule has 1 heterocycles. The Kier molecular flexibility index (Phi) is 9.45. The van der Waals surface area contributed by atoms with Crippen LogP contribution in [0.4, 0.5) is 21.9 Å². The van der Waals surface area contributed by atoms with Crippen LogP contribution in [0.25, 0.3) is 0 Å². The fraction of sp³-hybridized carbons (Fsp3) is 0.303. The Labute approximate surface area is 240 Å². The number of carbonyl (C=O) groups excluding carboxylic acids is 3. The Hall–Kier alpha value is -4.59. The quantitative estimate of drug-likeness (QED) is 0.209. The third-order valence-corrected chi connectivity index (χ3v) is 6.89. The molecular weight excluding hydrogens is 520 g/mol. The maximum absolute atomic E-state index is 14.0. The van der Waals surface area contributed by atoms with E-state index in [9.17, 15) is 14.4 Å². The standard InChI is InChI=1S/C33H36N2O6/c1-21(2)41-28(36)19-17-22(3)16-18-26-30(29-27(20-40-32(29)37)23(4)31(26)39-5)34-33(38)35(24-12-8-6-9-13-24)25-14-10-7-11-15-25/h6-16,21H,17-20H2,1-5H3,(H,34,38)/b22-16+. The molecule has 1 aliphatic rings. The Balaban J connectivity index is 1.74. The van der Waals surface area contributed by atoms with Gasteiger partial charge in [-0.3, -0.25) is 9.69 Å². The lowest BCUT2D eigenvalue weighted by Crippen LogP contribution is -2.32. The van der Waals surface area contributed by atoms with E-state index in [0.717, 1.165) is 11.1 Å². The van der Waals surface area contributed by atoms with Crippen molar-refractivity contribution in [1.29, 1.82) is 0 Å². The van der Waals surface area contributed by atoms with E-state index in [-0.39, 0.29) is 25.1 Å². The zero-order chi connectivity index (χ0) is 29.5. The third-order valence-electron chi connectivity index (χ3n) is 6.89. The number of rotatable bonds is 10. The van der Waals surface area contributed by atoms with Gasteiger partial charge in [0.15, 0.2) is 0 Å². The van der Waals surface area contributed by atoms with Gasteiger partial charge in [0.2, 0.25) is 0 Å². The van der Waals surface area contributed by atoms with Crippen molar-refractivity contribution in [2.24, 2.45) is 0 Å². The lowest BCUT2D eigenvalue weighted by Gasteiger charge is -2.26. The Morgan fingerprint density at radius 3 is 2.20 bits per heavy atom. The van der Waals surface area contributed by atoms with Crippen LogP contribution in [0.5, 0.6) is 5.75 Å². The lowest BCUT2D eigenvalue weighted by atomic mass is 9.93. The molecule has 0 spiro atoms. The third kappa shape index (κ3) is 6.77. The molecule has 8 nitrogen and oxygen atoms in total. The van der Waals surface area contributed by atoms with E-state index in [0.29, 0.717) is 52.3 Å². The van der Waals surface area contributed by atoms with Crippen molar-refractivity contribution in [2.45, 2.75) is 59.7 Å². The van der Waals surface area contributed by atoms with Gasteiger partial charge in [0.1, 0.15) is 12.4 Å².